The molecule has 0 saturated heterocycles. The second-order valence-electron chi connectivity index (χ2n) is 7.58. The van der Waals surface area contributed by atoms with Gasteiger partial charge in [-0.25, -0.2) is 13.1 Å². The Labute approximate surface area is 173 Å². The second-order valence-corrected chi connectivity index (χ2v) is 9.26. The number of rotatable bonds is 5. The van der Waals surface area contributed by atoms with Crippen LogP contribution in [0.25, 0.3) is 10.8 Å². The molecule has 0 aliphatic heterocycles. The lowest BCUT2D eigenvalue weighted by Crippen LogP contribution is -2.42. The number of carbonyl (C=O) groups is 1. The smallest absolute Gasteiger partial charge is 0.272 e. The van der Waals surface area contributed by atoms with E-state index in [0.29, 0.717) is 10.8 Å². The number of aromatic nitrogens is 2. The van der Waals surface area contributed by atoms with Crippen molar-refractivity contribution in [2.45, 2.75) is 44.0 Å². The van der Waals surface area contributed by atoms with Crippen molar-refractivity contribution < 1.29 is 13.2 Å². The minimum absolute atomic E-state index is 0.0319. The van der Waals surface area contributed by atoms with E-state index < -0.39 is 15.9 Å². The lowest BCUT2D eigenvalue weighted by atomic mass is 10.1. The summed E-state index contributed by atoms with van der Waals surface area (Å²) in [6, 6.07) is 11.3. The fourth-order valence-corrected chi connectivity index (χ4v) is 4.56. The molecule has 1 amide bonds. The lowest BCUT2D eigenvalue weighted by molar-refractivity contribution is 0.0939. The highest BCUT2D eigenvalue weighted by Gasteiger charge is 2.22. The monoisotopic (exact) mass is 426 g/mol. The summed E-state index contributed by atoms with van der Waals surface area (Å²) in [4.78, 5) is 27.6. The molecule has 9 heteroatoms. The first-order valence-electron chi connectivity index (χ1n) is 9.73. The molecule has 4 rings (SSSR count). The Morgan fingerprint density at radius 1 is 1.07 bits per heavy atom. The van der Waals surface area contributed by atoms with Crippen LogP contribution >= 0.6 is 0 Å². The second kappa shape index (κ2) is 7.66. The van der Waals surface area contributed by atoms with Crippen LogP contribution in [-0.2, 0) is 22.9 Å². The fourth-order valence-electron chi connectivity index (χ4n) is 3.67. The van der Waals surface area contributed by atoms with Gasteiger partial charge >= 0.3 is 0 Å². The molecule has 1 aliphatic rings. The number of nitrogens with one attached hydrogen (secondary N) is 2. The highest BCUT2D eigenvalue weighted by molar-refractivity contribution is 7.89. The van der Waals surface area contributed by atoms with Crippen LogP contribution in [0.5, 0.6) is 0 Å². The van der Waals surface area contributed by atoms with Crippen molar-refractivity contribution in [3.63, 3.8) is 0 Å². The van der Waals surface area contributed by atoms with Gasteiger partial charge in [0.05, 0.1) is 16.3 Å². The molecule has 0 atom stereocenters. The molecule has 0 bridgehead atoms. The average molecular weight is 426 g/mol. The Morgan fingerprint density at radius 3 is 2.50 bits per heavy atom. The summed E-state index contributed by atoms with van der Waals surface area (Å²) in [5.41, 5.74) is 4.06. The van der Waals surface area contributed by atoms with Crippen molar-refractivity contribution in [2.24, 2.45) is 0 Å². The molecule has 2 aromatic carbocycles. The summed E-state index contributed by atoms with van der Waals surface area (Å²) in [6.07, 6.45) is 2.80. The standard InChI is InChI=1S/C21H22N4O4S/c1-13(2)25-21(27)18-9-4-3-8-17(18)19(23-25)20(26)22-24-30(28,29)16-11-10-14-6-5-7-15(14)12-16/h3-4,8-13,24H,5-7H2,1-2H3,(H,22,26). The van der Waals surface area contributed by atoms with E-state index in [9.17, 15) is 18.0 Å². The minimum Gasteiger partial charge on any atom is -0.272 e. The molecule has 30 heavy (non-hydrogen) atoms. The molecule has 8 nitrogen and oxygen atoms in total. The van der Waals surface area contributed by atoms with Crippen LogP contribution in [0.1, 0.15) is 47.9 Å². The first-order valence-corrected chi connectivity index (χ1v) is 11.2. The third kappa shape index (κ3) is 3.61. The maximum atomic E-state index is 12.8. The quantitative estimate of drug-likeness (QED) is 0.607. The van der Waals surface area contributed by atoms with E-state index in [2.05, 4.69) is 15.4 Å². The summed E-state index contributed by atoms with van der Waals surface area (Å²) in [7, 11) is -3.95. The largest absolute Gasteiger partial charge is 0.287 e. The molecule has 1 heterocycles. The van der Waals surface area contributed by atoms with Gasteiger partial charge in [0.1, 0.15) is 0 Å². The normalized spacial score (nSPS) is 13.6. The molecule has 0 spiro atoms. The number of hydrazine groups is 1. The van der Waals surface area contributed by atoms with E-state index in [4.69, 9.17) is 0 Å². The van der Waals surface area contributed by atoms with E-state index in [0.717, 1.165) is 30.4 Å². The Balaban J connectivity index is 1.64. The lowest BCUT2D eigenvalue weighted by Gasteiger charge is -2.14. The SMILES string of the molecule is CC(C)n1nc(C(=O)NNS(=O)(=O)c2ccc3c(c2)CCC3)c2ccccc2c1=O. The predicted octanol–water partition coefficient (Wildman–Crippen LogP) is 2.09. The summed E-state index contributed by atoms with van der Waals surface area (Å²) in [5.74, 6) is -0.745. The van der Waals surface area contributed by atoms with Crippen molar-refractivity contribution in [2.75, 3.05) is 0 Å². The molecular weight excluding hydrogens is 404 g/mol. The van der Waals surface area contributed by atoms with Crippen LogP contribution in [0.2, 0.25) is 0 Å². The number of sulfonamides is 1. The van der Waals surface area contributed by atoms with E-state index in [-0.39, 0.29) is 22.2 Å². The molecule has 156 valence electrons. The van der Waals surface area contributed by atoms with E-state index in [1.807, 2.05) is 6.07 Å². The molecular formula is C21H22N4O4S. The maximum absolute atomic E-state index is 12.8. The van der Waals surface area contributed by atoms with Gasteiger partial charge in [0, 0.05) is 5.39 Å². The van der Waals surface area contributed by atoms with Crippen molar-refractivity contribution in [3.05, 3.63) is 69.6 Å². The van der Waals surface area contributed by atoms with Gasteiger partial charge in [0.2, 0.25) is 0 Å². The third-order valence-electron chi connectivity index (χ3n) is 5.21. The molecule has 0 radical (unpaired) electrons. The van der Waals surface area contributed by atoms with Crippen LogP contribution in [0.3, 0.4) is 0 Å². The molecule has 1 aliphatic carbocycles. The summed E-state index contributed by atoms with van der Waals surface area (Å²) < 4.78 is 26.5. The van der Waals surface area contributed by atoms with Crippen LogP contribution in [-0.4, -0.2) is 24.1 Å². The van der Waals surface area contributed by atoms with Gasteiger partial charge in [-0.2, -0.15) is 5.10 Å². The maximum Gasteiger partial charge on any atom is 0.287 e. The van der Waals surface area contributed by atoms with E-state index >= 15 is 0 Å². The zero-order valence-electron chi connectivity index (χ0n) is 16.7. The van der Waals surface area contributed by atoms with E-state index in [1.54, 1.807) is 44.2 Å². The average Bonchev–Trinajstić information content (AvgIpc) is 3.20. The molecule has 0 unspecified atom stereocenters. The van der Waals surface area contributed by atoms with Gasteiger partial charge in [0.15, 0.2) is 5.69 Å². The van der Waals surface area contributed by atoms with Crippen LogP contribution in [0, 0.1) is 0 Å². The first-order chi connectivity index (χ1) is 14.3. The number of aryl methyl sites for hydroxylation is 2. The number of amides is 1. The molecule has 2 N–H and O–H groups in total. The number of nitrogens with zero attached hydrogens (tertiary/aromatic N) is 2. The molecule has 3 aromatic rings. The summed E-state index contributed by atoms with van der Waals surface area (Å²) in [5, 5.41) is 4.87. The Kier molecular flexibility index (Phi) is 5.17. The third-order valence-corrected chi connectivity index (χ3v) is 6.46. The first kappa shape index (κ1) is 20.2. The van der Waals surface area contributed by atoms with Crippen LogP contribution < -0.4 is 15.8 Å². The van der Waals surface area contributed by atoms with Crippen molar-refractivity contribution in [1.82, 2.24) is 20.0 Å². The van der Waals surface area contributed by atoms with Gasteiger partial charge in [-0.1, -0.05) is 24.3 Å². The number of hydrogen-bond acceptors (Lipinski definition) is 5. The van der Waals surface area contributed by atoms with E-state index in [1.165, 1.54) is 10.7 Å². The Bertz CT molecular complexity index is 1310. The van der Waals surface area contributed by atoms with Gasteiger partial charge in [0.25, 0.3) is 21.5 Å². The van der Waals surface area contributed by atoms with Crippen molar-refractivity contribution in [3.8, 4) is 0 Å². The van der Waals surface area contributed by atoms with Crippen LogP contribution in [0.15, 0.2) is 52.2 Å². The van der Waals surface area contributed by atoms with Gasteiger partial charge in [-0.3, -0.25) is 15.0 Å². The molecule has 1 aromatic heterocycles. The summed E-state index contributed by atoms with van der Waals surface area (Å²) in [6.45, 7) is 3.56. The van der Waals surface area contributed by atoms with Gasteiger partial charge in [-0.15, -0.1) is 4.83 Å². The van der Waals surface area contributed by atoms with Gasteiger partial charge < -0.3 is 0 Å². The highest BCUT2D eigenvalue weighted by Crippen LogP contribution is 2.24. The summed E-state index contributed by atoms with van der Waals surface area (Å²) >= 11 is 0. The zero-order chi connectivity index (χ0) is 21.5. The van der Waals surface area contributed by atoms with Crippen molar-refractivity contribution >= 4 is 26.7 Å². The number of benzene rings is 2. The molecule has 0 fully saturated rings. The van der Waals surface area contributed by atoms with Crippen molar-refractivity contribution in [1.29, 1.82) is 0 Å². The van der Waals surface area contributed by atoms with Crippen LogP contribution in [0.4, 0.5) is 0 Å². The Hall–Kier alpha value is -3.04. The highest BCUT2D eigenvalue weighted by atomic mass is 32.2. The minimum atomic E-state index is -3.95. The Morgan fingerprint density at radius 2 is 1.77 bits per heavy atom. The fraction of sp³-hybridized carbons (Fsp3) is 0.286. The zero-order valence-corrected chi connectivity index (χ0v) is 17.5. The molecule has 0 saturated carbocycles. The van der Waals surface area contributed by atoms with Gasteiger partial charge in [-0.05, 0) is 62.4 Å². The number of carbonyl (C=O) groups excluding carboxylic acids is 1. The topological polar surface area (TPSA) is 110 Å². The number of fused-ring (bicyclic) bond motifs is 2. The predicted molar refractivity (Wildman–Crippen MR) is 113 cm³/mol. The number of hydrogen-bond donors (Lipinski definition) is 2.